The highest BCUT2D eigenvalue weighted by Gasteiger charge is 2.17. The van der Waals surface area contributed by atoms with Gasteiger partial charge in [-0.1, -0.05) is 6.92 Å². The fraction of sp³-hybridized carbons (Fsp3) is 0.333. The smallest absolute Gasteiger partial charge is 0.230 e. The van der Waals surface area contributed by atoms with Crippen molar-refractivity contribution in [2.75, 3.05) is 42.9 Å². The fourth-order valence-electron chi connectivity index (χ4n) is 3.77. The van der Waals surface area contributed by atoms with E-state index in [1.165, 1.54) is 12.3 Å². The number of carbonyl (C=O) groups excluding carboxylic acids is 1. The number of carbonyl (C=O) groups is 1. The van der Waals surface area contributed by atoms with Crippen LogP contribution in [-0.4, -0.2) is 58.6 Å². The summed E-state index contributed by atoms with van der Waals surface area (Å²) in [5.41, 5.74) is 9.46. The molecule has 3 N–H and O–H groups in total. The number of aromatic nitrogens is 3. The second-order valence-corrected chi connectivity index (χ2v) is 8.10. The van der Waals surface area contributed by atoms with E-state index in [1.807, 2.05) is 19.9 Å². The van der Waals surface area contributed by atoms with Crippen LogP contribution in [0.4, 0.5) is 15.9 Å². The molecule has 1 aliphatic heterocycles. The van der Waals surface area contributed by atoms with Crippen molar-refractivity contribution in [3.05, 3.63) is 66.0 Å². The normalized spacial score (nSPS) is 14.3. The molecule has 178 valence electrons. The van der Waals surface area contributed by atoms with Gasteiger partial charge >= 0.3 is 0 Å². The maximum Gasteiger partial charge on any atom is 0.230 e. The molecule has 0 saturated carbocycles. The maximum atomic E-state index is 14.6. The van der Waals surface area contributed by atoms with Gasteiger partial charge in [0.05, 0.1) is 18.3 Å². The summed E-state index contributed by atoms with van der Waals surface area (Å²) in [6.07, 6.45) is 4.90. The zero-order chi connectivity index (χ0) is 23.9. The lowest BCUT2D eigenvalue weighted by Crippen LogP contribution is -2.56. The summed E-state index contributed by atoms with van der Waals surface area (Å²) in [6, 6.07) is 8.56. The second kappa shape index (κ2) is 11.1. The third kappa shape index (κ3) is 6.10. The molecule has 9 nitrogen and oxygen atoms in total. The molecule has 0 bridgehead atoms. The number of piperazine rings is 1. The molecule has 1 fully saturated rings. The van der Waals surface area contributed by atoms with Crippen molar-refractivity contribution in [2.24, 2.45) is 0 Å². The van der Waals surface area contributed by atoms with Gasteiger partial charge in [0.2, 0.25) is 5.91 Å². The Morgan fingerprint density at radius 1 is 1.06 bits per heavy atom. The van der Waals surface area contributed by atoms with Crippen LogP contribution in [0.25, 0.3) is 11.3 Å². The Bertz CT molecular complexity index is 1120. The molecule has 0 atom stereocenters. The lowest BCUT2D eigenvalue weighted by atomic mass is 10.1. The van der Waals surface area contributed by atoms with E-state index in [2.05, 4.69) is 41.1 Å². The molecule has 0 unspecified atom stereocenters. The summed E-state index contributed by atoms with van der Waals surface area (Å²) in [6.45, 7) is 8.26. The first-order valence-corrected chi connectivity index (χ1v) is 11.3. The van der Waals surface area contributed by atoms with E-state index in [9.17, 15) is 9.18 Å². The number of hydrazine groups is 2. The number of halogens is 1. The quantitative estimate of drug-likeness (QED) is 0.437. The Balaban J connectivity index is 1.31. The highest BCUT2D eigenvalue weighted by molar-refractivity contribution is 5.91. The molecule has 1 amide bonds. The van der Waals surface area contributed by atoms with Gasteiger partial charge < -0.3 is 10.2 Å². The minimum absolute atomic E-state index is 0.00373. The zero-order valence-corrected chi connectivity index (χ0v) is 19.4. The summed E-state index contributed by atoms with van der Waals surface area (Å²) >= 11 is 0. The monoisotopic (exact) mass is 464 g/mol. The van der Waals surface area contributed by atoms with E-state index in [0.717, 1.165) is 44.1 Å². The van der Waals surface area contributed by atoms with E-state index in [4.69, 9.17) is 0 Å². The van der Waals surface area contributed by atoms with E-state index < -0.39 is 5.82 Å². The number of anilines is 2. The second-order valence-electron chi connectivity index (χ2n) is 8.10. The highest BCUT2D eigenvalue weighted by Crippen LogP contribution is 2.22. The number of aryl methyl sites for hydroxylation is 1. The van der Waals surface area contributed by atoms with Crippen LogP contribution in [0.3, 0.4) is 0 Å². The molecule has 4 rings (SSSR count). The van der Waals surface area contributed by atoms with Crippen molar-refractivity contribution in [3.8, 4) is 11.3 Å². The van der Waals surface area contributed by atoms with Crippen molar-refractivity contribution in [2.45, 2.75) is 20.3 Å². The van der Waals surface area contributed by atoms with Gasteiger partial charge in [0.15, 0.2) is 0 Å². The van der Waals surface area contributed by atoms with Gasteiger partial charge in [0.25, 0.3) is 0 Å². The molecule has 3 aromatic rings. The van der Waals surface area contributed by atoms with Gasteiger partial charge in [-0.3, -0.25) is 14.8 Å². The molecule has 0 aromatic carbocycles. The summed E-state index contributed by atoms with van der Waals surface area (Å²) < 4.78 is 14.6. The lowest BCUT2D eigenvalue weighted by molar-refractivity contribution is -0.115. The van der Waals surface area contributed by atoms with Crippen molar-refractivity contribution in [3.63, 3.8) is 0 Å². The van der Waals surface area contributed by atoms with Gasteiger partial charge in [0.1, 0.15) is 17.3 Å². The summed E-state index contributed by atoms with van der Waals surface area (Å²) in [7, 11) is 0. The number of nitrogens with one attached hydrogen (secondary N) is 3. The number of pyridine rings is 3. The van der Waals surface area contributed by atoms with Crippen LogP contribution in [0.15, 0.2) is 48.9 Å². The first kappa shape index (κ1) is 23.7. The standard InChI is InChI=1S/C24H29FN8O/c1-3-29-31-33-10-8-32(9-11-33)20-4-5-22(27-16-20)30-23(34)14-18-13-21(25)24(28-15-18)19-6-7-26-17(2)12-19/h4-7,12-13,15-16,29,31H,3,8-11,14H2,1-2H3,(H,27,30,34). The summed E-state index contributed by atoms with van der Waals surface area (Å²) in [4.78, 5) is 27.4. The van der Waals surface area contributed by atoms with E-state index >= 15 is 0 Å². The number of amides is 1. The van der Waals surface area contributed by atoms with E-state index in [0.29, 0.717) is 16.9 Å². The number of hydrogen-bond acceptors (Lipinski definition) is 8. The molecule has 0 spiro atoms. The molecule has 1 aliphatic rings. The molecule has 10 heteroatoms. The Hall–Kier alpha value is -3.47. The Labute approximate surface area is 198 Å². The lowest BCUT2D eigenvalue weighted by Gasteiger charge is -2.35. The highest BCUT2D eigenvalue weighted by atomic mass is 19.1. The van der Waals surface area contributed by atoms with Crippen molar-refractivity contribution < 1.29 is 9.18 Å². The third-order valence-corrected chi connectivity index (χ3v) is 5.51. The summed E-state index contributed by atoms with van der Waals surface area (Å²) in [5.74, 6) is -0.297. The predicted octanol–water partition coefficient (Wildman–Crippen LogP) is 2.32. The molecule has 3 aromatic heterocycles. The maximum absolute atomic E-state index is 14.6. The van der Waals surface area contributed by atoms with Crippen molar-refractivity contribution in [1.29, 1.82) is 0 Å². The number of rotatable bonds is 8. The fourth-order valence-corrected chi connectivity index (χ4v) is 3.77. The molecule has 1 saturated heterocycles. The molecular weight excluding hydrogens is 435 g/mol. The van der Waals surface area contributed by atoms with Crippen molar-refractivity contribution >= 4 is 17.4 Å². The zero-order valence-electron chi connectivity index (χ0n) is 19.4. The van der Waals surface area contributed by atoms with Crippen LogP contribution in [0.1, 0.15) is 18.2 Å². The SMILES string of the molecule is CCNNN1CCN(c2ccc(NC(=O)Cc3cnc(-c4ccnc(C)c4)c(F)c3)nc2)CC1. The minimum atomic E-state index is -0.473. The van der Waals surface area contributed by atoms with Crippen LogP contribution in [-0.2, 0) is 11.2 Å². The minimum Gasteiger partial charge on any atom is -0.368 e. The number of nitrogens with zero attached hydrogens (tertiary/aromatic N) is 5. The van der Waals surface area contributed by atoms with Crippen LogP contribution >= 0.6 is 0 Å². The first-order chi connectivity index (χ1) is 16.5. The van der Waals surface area contributed by atoms with Crippen LogP contribution in [0.5, 0.6) is 0 Å². The van der Waals surface area contributed by atoms with Gasteiger partial charge in [-0.25, -0.2) is 19.8 Å². The average molecular weight is 465 g/mol. The number of hydrogen-bond donors (Lipinski definition) is 3. The Kier molecular flexibility index (Phi) is 7.73. The molecule has 0 radical (unpaired) electrons. The topological polar surface area (TPSA) is 98.3 Å². The van der Waals surface area contributed by atoms with E-state index in [1.54, 1.807) is 30.6 Å². The van der Waals surface area contributed by atoms with Gasteiger partial charge in [-0.05, 0) is 42.8 Å². The molecule has 0 aliphatic carbocycles. The molecule has 4 heterocycles. The predicted molar refractivity (Wildman–Crippen MR) is 129 cm³/mol. The average Bonchev–Trinajstić information content (AvgIpc) is 2.83. The molecule has 34 heavy (non-hydrogen) atoms. The van der Waals surface area contributed by atoms with Crippen LogP contribution < -0.4 is 21.2 Å². The van der Waals surface area contributed by atoms with Gasteiger partial charge in [0, 0.05) is 56.4 Å². The Morgan fingerprint density at radius 3 is 2.56 bits per heavy atom. The third-order valence-electron chi connectivity index (χ3n) is 5.51. The van der Waals surface area contributed by atoms with E-state index in [-0.39, 0.29) is 18.0 Å². The Morgan fingerprint density at radius 2 is 1.88 bits per heavy atom. The van der Waals surface area contributed by atoms with Crippen LogP contribution in [0, 0.1) is 12.7 Å². The van der Waals surface area contributed by atoms with Gasteiger partial charge in [-0.2, -0.15) is 5.53 Å². The van der Waals surface area contributed by atoms with Gasteiger partial charge in [-0.15, -0.1) is 0 Å². The molecular formula is C24H29FN8O. The largest absolute Gasteiger partial charge is 0.368 e. The first-order valence-electron chi connectivity index (χ1n) is 11.3. The van der Waals surface area contributed by atoms with Crippen LogP contribution in [0.2, 0.25) is 0 Å². The summed E-state index contributed by atoms with van der Waals surface area (Å²) in [5, 5.41) is 4.91. The van der Waals surface area contributed by atoms with Crippen molar-refractivity contribution in [1.82, 2.24) is 30.9 Å².